The van der Waals surface area contributed by atoms with Crippen molar-refractivity contribution in [3.8, 4) is 17.2 Å². The Morgan fingerprint density at radius 1 is 1.00 bits per heavy atom. The predicted octanol–water partition coefficient (Wildman–Crippen LogP) is 7.40. The van der Waals surface area contributed by atoms with Crippen LogP contribution >= 0.6 is 11.6 Å². The number of ether oxygens (including phenoxy) is 2. The van der Waals surface area contributed by atoms with Gasteiger partial charge in [-0.25, -0.2) is 12.8 Å². The zero-order chi connectivity index (χ0) is 32.6. The normalized spacial score (nSPS) is 18.1. The fraction of sp³-hybridized carbons (Fsp3) is 0.229. The van der Waals surface area contributed by atoms with Gasteiger partial charge in [0.15, 0.2) is 16.4 Å². The van der Waals surface area contributed by atoms with E-state index in [-0.39, 0.29) is 57.8 Å². The maximum absolute atomic E-state index is 16.3. The van der Waals surface area contributed by atoms with Crippen molar-refractivity contribution in [2.75, 3.05) is 22.6 Å². The molecule has 0 bridgehead atoms. The third-order valence-corrected chi connectivity index (χ3v) is 10.4. The molecule has 0 spiro atoms. The zero-order valence-electron chi connectivity index (χ0n) is 25.2. The van der Waals surface area contributed by atoms with Crippen LogP contribution in [0.2, 0.25) is 5.02 Å². The Hall–Kier alpha value is -4.54. The highest BCUT2D eigenvalue weighted by Crippen LogP contribution is 2.51. The molecule has 11 heteroatoms. The van der Waals surface area contributed by atoms with Crippen LogP contribution in [0.25, 0.3) is 0 Å². The summed E-state index contributed by atoms with van der Waals surface area (Å²) in [4.78, 5) is 15.3. The molecule has 4 aromatic rings. The number of anilines is 2. The Bertz CT molecular complexity index is 1930. The molecule has 0 fully saturated rings. The lowest BCUT2D eigenvalue weighted by Gasteiger charge is -2.37. The number of sulfone groups is 1. The SMILES string of the molecule is CC1(C)CC2=C(C(c3ccc(OCc4ccccc4)cc3F)N(C(=O)COc3ccc(Cl)cc3)c3cccc(O)c3N2)S(=O)(=O)C1. The molecule has 4 aromatic carbocycles. The van der Waals surface area contributed by atoms with Crippen molar-refractivity contribution >= 4 is 38.7 Å². The van der Waals surface area contributed by atoms with Gasteiger partial charge >= 0.3 is 0 Å². The van der Waals surface area contributed by atoms with Crippen LogP contribution in [-0.2, 0) is 21.2 Å². The van der Waals surface area contributed by atoms with E-state index in [9.17, 15) is 18.3 Å². The number of fused-ring (bicyclic) bond motifs is 1. The standard InChI is InChI=1S/C35H32ClFN2O6S/c1-35(2)18-28-34(46(42,43)21-35)33(26-16-15-25(17-27(26)37)44-19-22-7-4-3-5-8-22)39(29-9-6-10-30(40)32(29)38-28)31(41)20-45-24-13-11-23(36)12-14-24/h3-17,33,38,40H,18-21H2,1-2H3. The van der Waals surface area contributed by atoms with Crippen LogP contribution in [0, 0.1) is 11.2 Å². The van der Waals surface area contributed by atoms with Crippen LogP contribution in [0.15, 0.2) is 102 Å². The van der Waals surface area contributed by atoms with Gasteiger partial charge in [-0.2, -0.15) is 0 Å². The topological polar surface area (TPSA) is 105 Å². The molecule has 238 valence electrons. The molecule has 0 saturated carbocycles. The molecule has 1 unspecified atom stereocenters. The summed E-state index contributed by atoms with van der Waals surface area (Å²) in [6.07, 6.45) is 0.273. The molecule has 0 aromatic heterocycles. The molecule has 2 aliphatic rings. The molecule has 2 N–H and O–H groups in total. The highest BCUT2D eigenvalue weighted by Gasteiger charge is 2.47. The van der Waals surface area contributed by atoms with E-state index in [1.807, 2.05) is 44.2 Å². The predicted molar refractivity (Wildman–Crippen MR) is 175 cm³/mol. The Labute approximate surface area is 272 Å². The molecule has 8 nitrogen and oxygen atoms in total. The van der Waals surface area contributed by atoms with E-state index < -0.39 is 39.6 Å². The van der Waals surface area contributed by atoms with Crippen molar-refractivity contribution in [1.29, 1.82) is 0 Å². The average Bonchev–Trinajstić information content (AvgIpc) is 3.15. The van der Waals surface area contributed by atoms with Crippen molar-refractivity contribution in [3.63, 3.8) is 0 Å². The number of aromatic hydroxyl groups is 1. The van der Waals surface area contributed by atoms with Crippen LogP contribution in [0.5, 0.6) is 17.2 Å². The second-order valence-electron chi connectivity index (χ2n) is 12.1. The maximum atomic E-state index is 16.3. The summed E-state index contributed by atoms with van der Waals surface area (Å²) in [6.45, 7) is 3.33. The number of nitrogens with zero attached hydrogens (tertiary/aromatic N) is 1. The molecule has 0 radical (unpaired) electrons. The average molecular weight is 663 g/mol. The van der Waals surface area contributed by atoms with Gasteiger partial charge in [0.05, 0.1) is 16.3 Å². The van der Waals surface area contributed by atoms with Gasteiger partial charge in [0.25, 0.3) is 5.91 Å². The Morgan fingerprint density at radius 2 is 1.72 bits per heavy atom. The third-order valence-electron chi connectivity index (χ3n) is 7.89. The van der Waals surface area contributed by atoms with E-state index in [4.69, 9.17) is 21.1 Å². The summed E-state index contributed by atoms with van der Waals surface area (Å²) in [5.41, 5.74) is 0.739. The number of amides is 1. The van der Waals surface area contributed by atoms with Gasteiger partial charge in [0.1, 0.15) is 41.4 Å². The van der Waals surface area contributed by atoms with E-state index in [0.29, 0.717) is 10.8 Å². The zero-order valence-corrected chi connectivity index (χ0v) is 26.7. The van der Waals surface area contributed by atoms with Gasteiger partial charge in [0.2, 0.25) is 0 Å². The third kappa shape index (κ3) is 6.41. The minimum absolute atomic E-state index is 0.0549. The van der Waals surface area contributed by atoms with Gasteiger partial charge in [-0.05, 0) is 65.9 Å². The van der Waals surface area contributed by atoms with Gasteiger partial charge in [-0.3, -0.25) is 9.69 Å². The molecule has 2 heterocycles. The Balaban J connectivity index is 1.48. The number of hydrogen-bond acceptors (Lipinski definition) is 7. The number of benzene rings is 4. The molecule has 1 amide bonds. The van der Waals surface area contributed by atoms with Crippen molar-refractivity contribution in [1.82, 2.24) is 0 Å². The second kappa shape index (κ2) is 12.3. The number of rotatable bonds is 7. The van der Waals surface area contributed by atoms with Crippen LogP contribution in [0.3, 0.4) is 0 Å². The lowest BCUT2D eigenvalue weighted by molar-refractivity contribution is -0.120. The molecular weight excluding hydrogens is 631 g/mol. The van der Waals surface area contributed by atoms with Crippen molar-refractivity contribution in [2.24, 2.45) is 5.41 Å². The Morgan fingerprint density at radius 3 is 2.43 bits per heavy atom. The molecule has 2 aliphatic heterocycles. The number of hydrogen-bond donors (Lipinski definition) is 2. The number of carbonyl (C=O) groups is 1. The van der Waals surface area contributed by atoms with E-state index >= 15 is 4.39 Å². The number of phenols is 1. The molecule has 46 heavy (non-hydrogen) atoms. The molecule has 6 rings (SSSR count). The number of nitrogens with one attached hydrogen (secondary N) is 1. The van der Waals surface area contributed by atoms with Gasteiger partial charge in [-0.15, -0.1) is 0 Å². The van der Waals surface area contributed by atoms with Gasteiger partial charge in [-0.1, -0.05) is 61.8 Å². The first-order valence-electron chi connectivity index (χ1n) is 14.6. The summed E-state index contributed by atoms with van der Waals surface area (Å²) in [6, 6.07) is 23.1. The number of allylic oxidation sites excluding steroid dienone is 1. The summed E-state index contributed by atoms with van der Waals surface area (Å²) < 4.78 is 56.2. The quantitative estimate of drug-likeness (QED) is 0.199. The monoisotopic (exact) mass is 662 g/mol. The summed E-state index contributed by atoms with van der Waals surface area (Å²) in [5, 5.41) is 14.6. The lowest BCUT2D eigenvalue weighted by Crippen LogP contribution is -2.43. The van der Waals surface area contributed by atoms with E-state index in [1.165, 1.54) is 29.2 Å². The first-order valence-corrected chi connectivity index (χ1v) is 16.7. The van der Waals surface area contributed by atoms with Crippen LogP contribution in [0.4, 0.5) is 15.8 Å². The van der Waals surface area contributed by atoms with Crippen LogP contribution in [-0.4, -0.2) is 31.8 Å². The van der Waals surface area contributed by atoms with Crippen LogP contribution in [0.1, 0.15) is 37.4 Å². The smallest absolute Gasteiger partial charge is 0.265 e. The summed E-state index contributed by atoms with van der Waals surface area (Å²) in [5.74, 6) is -1.25. The van der Waals surface area contributed by atoms with Crippen molar-refractivity contribution in [3.05, 3.63) is 124 Å². The lowest BCUT2D eigenvalue weighted by atomic mass is 9.88. The fourth-order valence-electron chi connectivity index (χ4n) is 5.97. The van der Waals surface area contributed by atoms with Crippen LogP contribution < -0.4 is 19.7 Å². The first kappa shape index (κ1) is 31.4. The summed E-state index contributed by atoms with van der Waals surface area (Å²) >= 11 is 5.99. The largest absolute Gasteiger partial charge is 0.506 e. The molecule has 1 atom stereocenters. The second-order valence-corrected chi connectivity index (χ2v) is 14.5. The van der Waals surface area contributed by atoms with E-state index in [1.54, 1.807) is 36.4 Å². The van der Waals surface area contributed by atoms with Gasteiger partial charge < -0.3 is 19.9 Å². The molecule has 0 aliphatic carbocycles. The highest BCUT2D eigenvalue weighted by atomic mass is 35.5. The number of carbonyl (C=O) groups excluding carboxylic acids is 1. The highest BCUT2D eigenvalue weighted by molar-refractivity contribution is 7.95. The number of halogens is 2. The minimum atomic E-state index is -4.07. The first-order chi connectivity index (χ1) is 21.9. The van der Waals surface area contributed by atoms with Crippen molar-refractivity contribution in [2.45, 2.75) is 32.9 Å². The minimum Gasteiger partial charge on any atom is -0.506 e. The molecule has 0 saturated heterocycles. The Kier molecular flexibility index (Phi) is 8.43. The molecular formula is C35H32ClFN2O6S. The maximum Gasteiger partial charge on any atom is 0.265 e. The van der Waals surface area contributed by atoms with E-state index in [0.717, 1.165) is 5.56 Å². The number of para-hydroxylation sites is 1. The van der Waals surface area contributed by atoms with Gasteiger partial charge in [0, 0.05) is 22.3 Å². The van der Waals surface area contributed by atoms with Crippen molar-refractivity contribution < 1.29 is 32.2 Å². The number of phenolic OH excluding ortho intramolecular Hbond substituents is 1. The van der Waals surface area contributed by atoms with E-state index in [2.05, 4.69) is 5.32 Å². The fourth-order valence-corrected chi connectivity index (χ4v) is 8.45. The summed E-state index contributed by atoms with van der Waals surface area (Å²) in [7, 11) is -4.07.